The van der Waals surface area contributed by atoms with Crippen molar-refractivity contribution in [3.63, 3.8) is 0 Å². The molecule has 0 aromatic heterocycles. The number of rotatable bonds is 1. The molecule has 3 heteroatoms. The maximum atomic E-state index is 5.80. The number of aryl methyl sites for hydroxylation is 1. The fourth-order valence-corrected chi connectivity index (χ4v) is 2.09. The second-order valence-electron chi connectivity index (χ2n) is 3.50. The molecule has 0 radical (unpaired) electrons. The first-order chi connectivity index (χ1) is 6.18. The summed E-state index contributed by atoms with van der Waals surface area (Å²) >= 11 is 3.53. The van der Waals surface area contributed by atoms with Crippen LogP contribution in [0, 0.1) is 6.92 Å². The SMILES string of the molecule is Cc1cc(N2CCC2)c(Br)cc1N. The number of hydrogen-bond acceptors (Lipinski definition) is 2. The summed E-state index contributed by atoms with van der Waals surface area (Å²) in [5.41, 5.74) is 9.09. The van der Waals surface area contributed by atoms with E-state index >= 15 is 0 Å². The van der Waals surface area contributed by atoms with Gasteiger partial charge in [-0.15, -0.1) is 0 Å². The zero-order chi connectivity index (χ0) is 9.42. The number of halogens is 1. The van der Waals surface area contributed by atoms with Crippen LogP contribution in [0.1, 0.15) is 12.0 Å². The number of hydrogen-bond donors (Lipinski definition) is 1. The van der Waals surface area contributed by atoms with Gasteiger partial charge in [0.25, 0.3) is 0 Å². The van der Waals surface area contributed by atoms with Crippen LogP contribution in [0.15, 0.2) is 16.6 Å². The van der Waals surface area contributed by atoms with Crippen molar-refractivity contribution in [1.29, 1.82) is 0 Å². The average Bonchev–Trinajstić information content (AvgIpc) is 1.96. The van der Waals surface area contributed by atoms with Gasteiger partial charge < -0.3 is 10.6 Å². The Hall–Kier alpha value is -0.700. The third-order valence-electron chi connectivity index (χ3n) is 2.53. The summed E-state index contributed by atoms with van der Waals surface area (Å²) in [5.74, 6) is 0. The summed E-state index contributed by atoms with van der Waals surface area (Å²) in [4.78, 5) is 2.36. The normalized spacial score (nSPS) is 15.7. The molecule has 0 amide bonds. The van der Waals surface area contributed by atoms with Crippen molar-refractivity contribution >= 4 is 27.3 Å². The molecule has 0 spiro atoms. The average molecular weight is 241 g/mol. The summed E-state index contributed by atoms with van der Waals surface area (Å²) in [6.07, 6.45) is 1.30. The van der Waals surface area contributed by atoms with Gasteiger partial charge >= 0.3 is 0 Å². The van der Waals surface area contributed by atoms with Crippen molar-refractivity contribution in [2.24, 2.45) is 0 Å². The first-order valence-corrected chi connectivity index (χ1v) is 5.28. The molecule has 0 aliphatic carbocycles. The van der Waals surface area contributed by atoms with Crippen molar-refractivity contribution in [2.45, 2.75) is 13.3 Å². The second-order valence-corrected chi connectivity index (χ2v) is 4.36. The highest BCUT2D eigenvalue weighted by atomic mass is 79.9. The van der Waals surface area contributed by atoms with Crippen LogP contribution in [0.5, 0.6) is 0 Å². The Morgan fingerprint density at radius 3 is 2.62 bits per heavy atom. The summed E-state index contributed by atoms with van der Waals surface area (Å²) in [6, 6.07) is 4.14. The molecule has 2 rings (SSSR count). The van der Waals surface area contributed by atoms with E-state index in [1.807, 2.05) is 13.0 Å². The van der Waals surface area contributed by atoms with Gasteiger partial charge in [-0.2, -0.15) is 0 Å². The molecule has 1 aromatic rings. The van der Waals surface area contributed by atoms with Crippen LogP contribution in [-0.2, 0) is 0 Å². The lowest BCUT2D eigenvalue weighted by molar-refractivity contribution is 0.616. The van der Waals surface area contributed by atoms with Crippen LogP contribution in [0.2, 0.25) is 0 Å². The largest absolute Gasteiger partial charge is 0.398 e. The first-order valence-electron chi connectivity index (χ1n) is 4.49. The zero-order valence-electron chi connectivity index (χ0n) is 7.68. The Morgan fingerprint density at radius 2 is 2.08 bits per heavy atom. The molecule has 1 aliphatic heterocycles. The fourth-order valence-electron chi connectivity index (χ4n) is 1.48. The molecular weight excluding hydrogens is 228 g/mol. The molecule has 70 valence electrons. The molecule has 1 heterocycles. The van der Waals surface area contributed by atoms with Gasteiger partial charge in [0, 0.05) is 23.2 Å². The van der Waals surface area contributed by atoms with E-state index in [-0.39, 0.29) is 0 Å². The van der Waals surface area contributed by atoms with Crippen molar-refractivity contribution in [3.05, 3.63) is 22.2 Å². The minimum atomic E-state index is 0.858. The smallest absolute Gasteiger partial charge is 0.0514 e. The standard InChI is InChI=1S/C10H13BrN2/c1-7-5-10(13-3-2-4-13)8(11)6-9(7)12/h5-6H,2-4,12H2,1H3. The first kappa shape index (κ1) is 8.88. The van der Waals surface area contributed by atoms with E-state index in [1.165, 1.54) is 25.2 Å². The molecule has 2 nitrogen and oxygen atoms in total. The van der Waals surface area contributed by atoms with Gasteiger partial charge in [-0.25, -0.2) is 0 Å². The third-order valence-corrected chi connectivity index (χ3v) is 3.17. The van der Waals surface area contributed by atoms with Crippen molar-refractivity contribution in [2.75, 3.05) is 23.7 Å². The number of benzene rings is 1. The predicted octanol–water partition coefficient (Wildman–Crippen LogP) is 2.55. The van der Waals surface area contributed by atoms with Crippen LogP contribution in [0.4, 0.5) is 11.4 Å². The lowest BCUT2D eigenvalue weighted by Gasteiger charge is -2.34. The third kappa shape index (κ3) is 1.53. The van der Waals surface area contributed by atoms with E-state index < -0.39 is 0 Å². The summed E-state index contributed by atoms with van der Waals surface area (Å²) in [6.45, 7) is 4.38. The number of nitrogens with zero attached hydrogens (tertiary/aromatic N) is 1. The highest BCUT2D eigenvalue weighted by Crippen LogP contribution is 2.33. The topological polar surface area (TPSA) is 29.3 Å². The molecule has 0 unspecified atom stereocenters. The van der Waals surface area contributed by atoms with E-state index in [1.54, 1.807) is 0 Å². The second kappa shape index (κ2) is 3.22. The van der Waals surface area contributed by atoms with Crippen LogP contribution in [-0.4, -0.2) is 13.1 Å². The number of anilines is 2. The Morgan fingerprint density at radius 1 is 1.38 bits per heavy atom. The Labute approximate surface area is 86.9 Å². The molecule has 2 N–H and O–H groups in total. The van der Waals surface area contributed by atoms with Gasteiger partial charge in [-0.05, 0) is 47.0 Å². The highest BCUT2D eigenvalue weighted by Gasteiger charge is 2.17. The van der Waals surface area contributed by atoms with Crippen molar-refractivity contribution in [3.8, 4) is 0 Å². The molecule has 1 saturated heterocycles. The minimum Gasteiger partial charge on any atom is -0.398 e. The van der Waals surface area contributed by atoms with Gasteiger partial charge in [0.1, 0.15) is 0 Å². The van der Waals surface area contributed by atoms with E-state index in [0.29, 0.717) is 0 Å². The van der Waals surface area contributed by atoms with E-state index in [9.17, 15) is 0 Å². The molecule has 0 bridgehead atoms. The van der Waals surface area contributed by atoms with E-state index in [0.717, 1.165) is 15.7 Å². The predicted molar refractivity (Wildman–Crippen MR) is 60.1 cm³/mol. The van der Waals surface area contributed by atoms with Gasteiger partial charge in [0.05, 0.1) is 5.69 Å². The van der Waals surface area contributed by atoms with E-state index in [2.05, 4.69) is 26.9 Å². The number of nitrogens with two attached hydrogens (primary N) is 1. The molecule has 1 aliphatic rings. The molecular formula is C10H13BrN2. The molecule has 13 heavy (non-hydrogen) atoms. The lowest BCUT2D eigenvalue weighted by Crippen LogP contribution is -2.37. The zero-order valence-corrected chi connectivity index (χ0v) is 9.26. The summed E-state index contributed by atoms with van der Waals surface area (Å²) in [7, 11) is 0. The fraction of sp³-hybridized carbons (Fsp3) is 0.400. The molecule has 0 atom stereocenters. The monoisotopic (exact) mass is 240 g/mol. The lowest BCUT2D eigenvalue weighted by atomic mass is 10.1. The quantitative estimate of drug-likeness (QED) is 0.765. The van der Waals surface area contributed by atoms with Gasteiger partial charge in [0.2, 0.25) is 0 Å². The van der Waals surface area contributed by atoms with Gasteiger partial charge in [-0.1, -0.05) is 0 Å². The summed E-state index contributed by atoms with van der Waals surface area (Å²) in [5, 5.41) is 0. The van der Waals surface area contributed by atoms with Crippen molar-refractivity contribution < 1.29 is 0 Å². The Kier molecular flexibility index (Phi) is 2.20. The molecule has 1 aromatic carbocycles. The maximum Gasteiger partial charge on any atom is 0.0514 e. The Bertz CT molecular complexity index is 332. The van der Waals surface area contributed by atoms with Crippen LogP contribution < -0.4 is 10.6 Å². The van der Waals surface area contributed by atoms with Gasteiger partial charge in [-0.3, -0.25) is 0 Å². The minimum absolute atomic E-state index is 0.858. The van der Waals surface area contributed by atoms with Crippen LogP contribution in [0.25, 0.3) is 0 Å². The van der Waals surface area contributed by atoms with E-state index in [4.69, 9.17) is 5.73 Å². The van der Waals surface area contributed by atoms with Crippen LogP contribution in [0.3, 0.4) is 0 Å². The molecule has 1 fully saturated rings. The Balaban J connectivity index is 2.39. The van der Waals surface area contributed by atoms with Crippen LogP contribution >= 0.6 is 15.9 Å². The highest BCUT2D eigenvalue weighted by molar-refractivity contribution is 9.10. The maximum absolute atomic E-state index is 5.80. The summed E-state index contributed by atoms with van der Waals surface area (Å²) < 4.78 is 1.11. The molecule has 0 saturated carbocycles. The van der Waals surface area contributed by atoms with Gasteiger partial charge in [0.15, 0.2) is 0 Å². The van der Waals surface area contributed by atoms with Crippen molar-refractivity contribution in [1.82, 2.24) is 0 Å². The number of nitrogen functional groups attached to an aromatic ring is 1.